The van der Waals surface area contributed by atoms with Crippen LogP contribution in [0, 0.1) is 0 Å². The van der Waals surface area contributed by atoms with E-state index >= 15 is 0 Å². The molecule has 0 aromatic heterocycles. The average molecular weight is 303 g/mol. The summed E-state index contributed by atoms with van der Waals surface area (Å²) in [6, 6.07) is 7.28. The van der Waals surface area contributed by atoms with Crippen LogP contribution in [0.5, 0.6) is 0 Å². The van der Waals surface area contributed by atoms with Crippen LogP contribution in [0.4, 0.5) is 0 Å². The smallest absolute Gasteiger partial charge is 0.254 e. The minimum atomic E-state index is -0.0841. The fraction of sp³-hybridized carbons (Fsp3) is 0.529. The van der Waals surface area contributed by atoms with Gasteiger partial charge in [-0.15, -0.1) is 0 Å². The molecule has 0 saturated carbocycles. The van der Waals surface area contributed by atoms with Crippen LogP contribution >= 0.6 is 0 Å². The second-order valence-electron chi connectivity index (χ2n) is 5.93. The Labute approximate surface area is 132 Å². The molecule has 1 N–H and O–H groups in total. The van der Waals surface area contributed by atoms with E-state index in [2.05, 4.69) is 12.2 Å². The highest BCUT2D eigenvalue weighted by molar-refractivity contribution is 5.99. The molecule has 0 radical (unpaired) electrons. The standard InChI is InChI=1S/C17H25N3O2/c1-4-10-20(15-8-9-18-12-15)17(22)14-7-5-6-13(11-14)16(21)19(2)3/h5-7,11,15,18H,4,8-10,12H2,1-3H3. The van der Waals surface area contributed by atoms with Gasteiger partial charge in [-0.25, -0.2) is 0 Å². The first-order valence-electron chi connectivity index (χ1n) is 7.88. The van der Waals surface area contributed by atoms with Gasteiger partial charge < -0.3 is 15.1 Å². The summed E-state index contributed by atoms with van der Waals surface area (Å²) < 4.78 is 0. The minimum Gasteiger partial charge on any atom is -0.345 e. The van der Waals surface area contributed by atoms with E-state index < -0.39 is 0 Å². The van der Waals surface area contributed by atoms with Crippen molar-refractivity contribution < 1.29 is 9.59 Å². The van der Waals surface area contributed by atoms with Crippen LogP contribution in [0.15, 0.2) is 24.3 Å². The largest absolute Gasteiger partial charge is 0.345 e. The summed E-state index contributed by atoms with van der Waals surface area (Å²) in [7, 11) is 3.43. The van der Waals surface area contributed by atoms with Crippen molar-refractivity contribution in [2.45, 2.75) is 25.8 Å². The van der Waals surface area contributed by atoms with E-state index in [0.717, 1.165) is 32.5 Å². The zero-order valence-electron chi connectivity index (χ0n) is 13.6. The van der Waals surface area contributed by atoms with Gasteiger partial charge in [-0.05, 0) is 37.6 Å². The van der Waals surface area contributed by atoms with Crippen LogP contribution in [-0.2, 0) is 0 Å². The van der Waals surface area contributed by atoms with Gasteiger partial charge in [0.1, 0.15) is 0 Å². The van der Waals surface area contributed by atoms with Gasteiger partial charge in [0, 0.05) is 44.4 Å². The molecule has 1 unspecified atom stereocenters. The maximum absolute atomic E-state index is 12.8. The van der Waals surface area contributed by atoms with E-state index in [1.807, 2.05) is 4.90 Å². The SMILES string of the molecule is CCCN(C(=O)c1cccc(C(=O)N(C)C)c1)C1CCNC1. The predicted molar refractivity (Wildman–Crippen MR) is 87.1 cm³/mol. The molecule has 1 aliphatic heterocycles. The highest BCUT2D eigenvalue weighted by Crippen LogP contribution is 2.16. The van der Waals surface area contributed by atoms with Gasteiger partial charge in [0.2, 0.25) is 0 Å². The molecule has 1 aromatic carbocycles. The summed E-state index contributed by atoms with van der Waals surface area (Å²) in [6.07, 6.45) is 1.92. The Morgan fingerprint density at radius 1 is 1.23 bits per heavy atom. The second kappa shape index (κ2) is 7.40. The van der Waals surface area contributed by atoms with Crippen molar-refractivity contribution in [3.63, 3.8) is 0 Å². The number of amides is 2. The highest BCUT2D eigenvalue weighted by atomic mass is 16.2. The molecule has 1 atom stereocenters. The summed E-state index contributed by atoms with van der Waals surface area (Å²) in [5, 5.41) is 3.31. The molecule has 120 valence electrons. The Bertz CT molecular complexity index is 536. The molecule has 2 rings (SSSR count). The normalized spacial score (nSPS) is 17.3. The van der Waals surface area contributed by atoms with E-state index in [1.165, 1.54) is 4.90 Å². The second-order valence-corrected chi connectivity index (χ2v) is 5.93. The van der Waals surface area contributed by atoms with Gasteiger partial charge in [0.05, 0.1) is 0 Å². The third kappa shape index (κ3) is 3.65. The first kappa shape index (κ1) is 16.5. The predicted octanol–water partition coefficient (Wildman–Crippen LogP) is 1.60. The van der Waals surface area contributed by atoms with Crippen LogP contribution in [0.2, 0.25) is 0 Å². The average Bonchev–Trinajstić information content (AvgIpc) is 3.05. The number of hydrogen-bond acceptors (Lipinski definition) is 3. The number of carbonyl (C=O) groups excluding carboxylic acids is 2. The maximum Gasteiger partial charge on any atom is 0.254 e. The van der Waals surface area contributed by atoms with Crippen molar-refractivity contribution in [3.05, 3.63) is 35.4 Å². The quantitative estimate of drug-likeness (QED) is 0.899. The fourth-order valence-electron chi connectivity index (χ4n) is 2.81. The molecule has 0 aliphatic carbocycles. The van der Waals surface area contributed by atoms with Gasteiger partial charge in [-0.2, -0.15) is 0 Å². The molecular weight excluding hydrogens is 278 g/mol. The fourth-order valence-corrected chi connectivity index (χ4v) is 2.81. The number of carbonyl (C=O) groups is 2. The zero-order valence-corrected chi connectivity index (χ0v) is 13.6. The van der Waals surface area contributed by atoms with Gasteiger partial charge in [0.25, 0.3) is 11.8 Å². The molecule has 1 aliphatic rings. The maximum atomic E-state index is 12.8. The number of rotatable bonds is 5. The van der Waals surface area contributed by atoms with E-state index in [-0.39, 0.29) is 17.9 Å². The summed E-state index contributed by atoms with van der Waals surface area (Å²) in [4.78, 5) is 28.4. The molecule has 1 heterocycles. The van der Waals surface area contributed by atoms with E-state index in [9.17, 15) is 9.59 Å². The topological polar surface area (TPSA) is 52.7 Å². The van der Waals surface area contributed by atoms with Crippen LogP contribution in [0.25, 0.3) is 0 Å². The lowest BCUT2D eigenvalue weighted by Crippen LogP contribution is -2.42. The van der Waals surface area contributed by atoms with E-state index in [4.69, 9.17) is 0 Å². The van der Waals surface area contributed by atoms with Crippen LogP contribution < -0.4 is 5.32 Å². The van der Waals surface area contributed by atoms with Crippen molar-refractivity contribution in [2.24, 2.45) is 0 Å². The van der Waals surface area contributed by atoms with Gasteiger partial charge >= 0.3 is 0 Å². The Hall–Kier alpha value is -1.88. The third-order valence-corrected chi connectivity index (χ3v) is 3.96. The molecule has 1 saturated heterocycles. The van der Waals surface area contributed by atoms with Crippen molar-refractivity contribution >= 4 is 11.8 Å². The monoisotopic (exact) mass is 303 g/mol. The van der Waals surface area contributed by atoms with E-state index in [1.54, 1.807) is 38.4 Å². The van der Waals surface area contributed by atoms with Crippen LogP contribution in [0.3, 0.4) is 0 Å². The molecule has 1 aromatic rings. The Kier molecular flexibility index (Phi) is 5.55. The minimum absolute atomic E-state index is 0.0176. The third-order valence-electron chi connectivity index (χ3n) is 3.96. The zero-order chi connectivity index (χ0) is 16.1. The summed E-state index contributed by atoms with van der Waals surface area (Å²) >= 11 is 0. The highest BCUT2D eigenvalue weighted by Gasteiger charge is 2.27. The van der Waals surface area contributed by atoms with Gasteiger partial charge in [-0.1, -0.05) is 13.0 Å². The van der Waals surface area contributed by atoms with Gasteiger partial charge in [0.15, 0.2) is 0 Å². The first-order valence-corrected chi connectivity index (χ1v) is 7.88. The number of nitrogens with one attached hydrogen (secondary N) is 1. The molecule has 2 amide bonds. The molecule has 0 bridgehead atoms. The van der Waals surface area contributed by atoms with Crippen LogP contribution in [-0.4, -0.2) is 61.4 Å². The summed E-state index contributed by atoms with van der Waals surface area (Å²) in [5.74, 6) is -0.0665. The first-order chi connectivity index (χ1) is 10.5. The number of nitrogens with zero attached hydrogens (tertiary/aromatic N) is 2. The van der Waals surface area contributed by atoms with Crippen molar-refractivity contribution in [2.75, 3.05) is 33.7 Å². The molecular formula is C17H25N3O2. The molecule has 22 heavy (non-hydrogen) atoms. The molecule has 0 spiro atoms. The molecule has 5 nitrogen and oxygen atoms in total. The lowest BCUT2D eigenvalue weighted by molar-refractivity contribution is 0.0692. The van der Waals surface area contributed by atoms with Crippen molar-refractivity contribution in [1.29, 1.82) is 0 Å². The molecule has 1 fully saturated rings. The number of benzene rings is 1. The Balaban J connectivity index is 2.22. The molecule has 5 heteroatoms. The summed E-state index contributed by atoms with van der Waals surface area (Å²) in [5.41, 5.74) is 1.14. The Morgan fingerprint density at radius 3 is 2.45 bits per heavy atom. The van der Waals surface area contributed by atoms with Gasteiger partial charge in [-0.3, -0.25) is 9.59 Å². The van der Waals surface area contributed by atoms with Crippen molar-refractivity contribution in [3.8, 4) is 0 Å². The summed E-state index contributed by atoms with van der Waals surface area (Å²) in [6.45, 7) is 4.63. The Morgan fingerprint density at radius 2 is 1.91 bits per heavy atom. The number of hydrogen-bond donors (Lipinski definition) is 1. The lowest BCUT2D eigenvalue weighted by Gasteiger charge is -2.28. The van der Waals surface area contributed by atoms with Crippen LogP contribution in [0.1, 0.15) is 40.5 Å². The lowest BCUT2D eigenvalue weighted by atomic mass is 10.1. The van der Waals surface area contributed by atoms with E-state index in [0.29, 0.717) is 11.1 Å². The van der Waals surface area contributed by atoms with Crippen molar-refractivity contribution in [1.82, 2.24) is 15.1 Å².